The summed E-state index contributed by atoms with van der Waals surface area (Å²) < 4.78 is 5.66. The van der Waals surface area contributed by atoms with Gasteiger partial charge in [-0.05, 0) is 57.9 Å². The van der Waals surface area contributed by atoms with Gasteiger partial charge in [0.1, 0.15) is 0 Å². The maximum absolute atomic E-state index is 5.66. The zero-order valence-corrected chi connectivity index (χ0v) is 17.8. The zero-order chi connectivity index (χ0) is 19.2. The Morgan fingerprint density at radius 2 is 1.92 bits per heavy atom. The molecular formula is C25H40O. The molecule has 1 atom stereocenters. The van der Waals surface area contributed by atoms with Crippen LogP contribution in [0.2, 0.25) is 0 Å². The predicted molar refractivity (Wildman–Crippen MR) is 116 cm³/mol. The van der Waals surface area contributed by atoms with Gasteiger partial charge in [0.2, 0.25) is 0 Å². The van der Waals surface area contributed by atoms with Gasteiger partial charge in [-0.15, -0.1) is 0 Å². The van der Waals surface area contributed by atoms with Gasteiger partial charge in [-0.3, -0.25) is 0 Å². The highest BCUT2D eigenvalue weighted by Gasteiger charge is 2.14. The molecule has 0 saturated heterocycles. The van der Waals surface area contributed by atoms with Gasteiger partial charge in [-0.1, -0.05) is 86.3 Å². The zero-order valence-electron chi connectivity index (χ0n) is 17.8. The average Bonchev–Trinajstić information content (AvgIpc) is 2.60. The van der Waals surface area contributed by atoms with Gasteiger partial charge >= 0.3 is 0 Å². The van der Waals surface area contributed by atoms with E-state index in [1.807, 2.05) is 0 Å². The lowest BCUT2D eigenvalue weighted by molar-refractivity contribution is 0.157. The number of unbranched alkanes of at least 4 members (excludes halogenated alkanes) is 3. The number of rotatable bonds is 11. The molecule has 0 radical (unpaired) electrons. The number of hydrogen-bond acceptors (Lipinski definition) is 1. The van der Waals surface area contributed by atoms with E-state index < -0.39 is 0 Å². The Morgan fingerprint density at radius 3 is 2.65 bits per heavy atom. The molecule has 1 aliphatic rings. The molecule has 1 rings (SSSR count). The van der Waals surface area contributed by atoms with Crippen LogP contribution in [-0.2, 0) is 4.74 Å². The van der Waals surface area contributed by atoms with E-state index in [1.165, 1.54) is 56.1 Å². The second-order valence-electron chi connectivity index (χ2n) is 7.72. The molecule has 0 fully saturated rings. The Bertz CT molecular complexity index is 543. The van der Waals surface area contributed by atoms with Gasteiger partial charge in [0.15, 0.2) is 0 Å². The summed E-state index contributed by atoms with van der Waals surface area (Å²) in [5.74, 6) is 0.704. The topological polar surface area (TPSA) is 9.23 Å². The smallest absolute Gasteiger partial charge is 0.0653 e. The summed E-state index contributed by atoms with van der Waals surface area (Å²) in [7, 11) is 0. The molecule has 0 aliphatic heterocycles. The Balaban J connectivity index is 2.37. The van der Waals surface area contributed by atoms with Crippen molar-refractivity contribution in [3.63, 3.8) is 0 Å². The quantitative estimate of drug-likeness (QED) is 0.272. The van der Waals surface area contributed by atoms with Crippen LogP contribution in [0.5, 0.6) is 0 Å². The monoisotopic (exact) mass is 356 g/mol. The van der Waals surface area contributed by atoms with Crippen LogP contribution in [0.15, 0.2) is 58.7 Å². The summed E-state index contributed by atoms with van der Waals surface area (Å²) in [4.78, 5) is 0. The lowest BCUT2D eigenvalue weighted by Crippen LogP contribution is -2.06. The van der Waals surface area contributed by atoms with Gasteiger partial charge in [-0.2, -0.15) is 0 Å². The minimum Gasteiger partial charge on any atom is -0.377 e. The second-order valence-corrected chi connectivity index (χ2v) is 7.72. The molecular weight excluding hydrogens is 316 g/mol. The maximum Gasteiger partial charge on any atom is 0.0653 e. The highest BCUT2D eigenvalue weighted by Crippen LogP contribution is 2.30. The standard InChI is InChI=1S/C25H40O/c1-6-7-8-9-19-26-20-18-22(3)13-10-12-21(2)16-17-25-23(4)14-11-15-24(25)5/h10,12-13,16-18,23H,6-9,11,14-15,19-20H2,1-5H3/b13-10+,17-16+,21-12+,22-18+. The van der Waals surface area contributed by atoms with E-state index in [9.17, 15) is 0 Å². The third-order valence-electron chi connectivity index (χ3n) is 5.12. The third-order valence-corrected chi connectivity index (χ3v) is 5.12. The van der Waals surface area contributed by atoms with E-state index in [0.29, 0.717) is 5.92 Å². The van der Waals surface area contributed by atoms with Crippen LogP contribution >= 0.6 is 0 Å². The highest BCUT2D eigenvalue weighted by atomic mass is 16.5. The minimum absolute atomic E-state index is 0.704. The summed E-state index contributed by atoms with van der Waals surface area (Å²) in [6.45, 7) is 12.8. The van der Waals surface area contributed by atoms with Gasteiger partial charge in [0.25, 0.3) is 0 Å². The van der Waals surface area contributed by atoms with Crippen LogP contribution in [-0.4, -0.2) is 13.2 Å². The SMILES string of the molecule is CCCCCCOC/C=C(C)/C=C/C=C(C)/C=C/C1=C(C)CCCC1C. The highest BCUT2D eigenvalue weighted by molar-refractivity contribution is 5.34. The van der Waals surface area contributed by atoms with E-state index in [1.54, 1.807) is 11.1 Å². The van der Waals surface area contributed by atoms with Crippen molar-refractivity contribution in [3.05, 3.63) is 58.7 Å². The number of allylic oxidation sites excluding steroid dienone is 9. The first-order valence-electron chi connectivity index (χ1n) is 10.5. The van der Waals surface area contributed by atoms with E-state index in [-0.39, 0.29) is 0 Å². The van der Waals surface area contributed by atoms with Crippen molar-refractivity contribution in [2.75, 3.05) is 13.2 Å². The first-order valence-corrected chi connectivity index (χ1v) is 10.5. The summed E-state index contributed by atoms with van der Waals surface area (Å²) in [6.07, 6.45) is 22.2. The molecule has 146 valence electrons. The molecule has 0 aromatic heterocycles. The summed E-state index contributed by atoms with van der Waals surface area (Å²) in [5.41, 5.74) is 5.65. The predicted octanol–water partition coefficient (Wildman–Crippen LogP) is 7.72. The molecule has 26 heavy (non-hydrogen) atoms. The summed E-state index contributed by atoms with van der Waals surface area (Å²) >= 11 is 0. The largest absolute Gasteiger partial charge is 0.377 e. The third kappa shape index (κ3) is 9.97. The van der Waals surface area contributed by atoms with E-state index in [2.05, 4.69) is 71.1 Å². The average molecular weight is 357 g/mol. The Morgan fingerprint density at radius 1 is 1.12 bits per heavy atom. The van der Waals surface area contributed by atoms with E-state index in [4.69, 9.17) is 4.74 Å². The van der Waals surface area contributed by atoms with Crippen molar-refractivity contribution in [1.82, 2.24) is 0 Å². The molecule has 1 nitrogen and oxygen atoms in total. The number of hydrogen-bond donors (Lipinski definition) is 0. The van der Waals surface area contributed by atoms with Crippen molar-refractivity contribution in [2.45, 2.75) is 79.6 Å². The molecule has 1 unspecified atom stereocenters. The fourth-order valence-electron chi connectivity index (χ4n) is 3.30. The van der Waals surface area contributed by atoms with Crippen LogP contribution in [0.25, 0.3) is 0 Å². The lowest BCUT2D eigenvalue weighted by atomic mass is 9.84. The van der Waals surface area contributed by atoms with Crippen LogP contribution in [0.3, 0.4) is 0 Å². The van der Waals surface area contributed by atoms with Crippen LogP contribution in [0.1, 0.15) is 79.6 Å². The van der Waals surface area contributed by atoms with Crippen molar-refractivity contribution in [3.8, 4) is 0 Å². The number of ether oxygens (including phenoxy) is 1. The van der Waals surface area contributed by atoms with E-state index >= 15 is 0 Å². The maximum atomic E-state index is 5.66. The lowest BCUT2D eigenvalue weighted by Gasteiger charge is -2.22. The molecule has 0 bridgehead atoms. The van der Waals surface area contributed by atoms with Gasteiger partial charge in [-0.25, -0.2) is 0 Å². The normalized spacial score (nSPS) is 20.0. The van der Waals surface area contributed by atoms with Crippen LogP contribution in [0, 0.1) is 5.92 Å². The van der Waals surface area contributed by atoms with Gasteiger partial charge < -0.3 is 4.74 Å². The first-order chi connectivity index (χ1) is 12.5. The molecule has 0 aromatic carbocycles. The summed E-state index contributed by atoms with van der Waals surface area (Å²) in [6, 6.07) is 0. The molecule has 1 aliphatic carbocycles. The molecule has 0 saturated carbocycles. The molecule has 0 aromatic rings. The second kappa shape index (κ2) is 13.8. The fraction of sp³-hybridized carbons (Fsp3) is 0.600. The molecule has 0 spiro atoms. The van der Waals surface area contributed by atoms with Gasteiger partial charge in [0, 0.05) is 6.61 Å². The fourth-order valence-corrected chi connectivity index (χ4v) is 3.30. The Hall–Kier alpha value is -1.34. The Kier molecular flexibility index (Phi) is 12.1. The molecule has 0 heterocycles. The molecule has 1 heteroatoms. The van der Waals surface area contributed by atoms with Crippen molar-refractivity contribution in [1.29, 1.82) is 0 Å². The van der Waals surface area contributed by atoms with Crippen molar-refractivity contribution < 1.29 is 4.74 Å². The molecule has 0 N–H and O–H groups in total. The van der Waals surface area contributed by atoms with E-state index in [0.717, 1.165) is 13.2 Å². The Labute approximate surface area is 162 Å². The summed E-state index contributed by atoms with van der Waals surface area (Å²) in [5, 5.41) is 0. The molecule has 0 amide bonds. The minimum atomic E-state index is 0.704. The van der Waals surface area contributed by atoms with Crippen molar-refractivity contribution in [2.24, 2.45) is 5.92 Å². The van der Waals surface area contributed by atoms with Gasteiger partial charge in [0.05, 0.1) is 6.61 Å². The first kappa shape index (κ1) is 22.7. The van der Waals surface area contributed by atoms with Crippen LogP contribution in [0.4, 0.5) is 0 Å². The van der Waals surface area contributed by atoms with Crippen molar-refractivity contribution >= 4 is 0 Å². The van der Waals surface area contributed by atoms with Crippen LogP contribution < -0.4 is 0 Å².